The van der Waals surface area contributed by atoms with Crippen LogP contribution in [0, 0.1) is 10.1 Å². The summed E-state index contributed by atoms with van der Waals surface area (Å²) in [5.74, 6) is -0.963. The SMILES string of the molecule is CCC(Nc1ccccc1)C(=O)NN=Cc1cc(Cl)cc([N+](=O)[O-])c1O. The normalized spacial score (nSPS) is 11.9. The molecule has 1 amide bonds. The van der Waals surface area contributed by atoms with E-state index in [2.05, 4.69) is 15.8 Å². The van der Waals surface area contributed by atoms with Gasteiger partial charge in [-0.2, -0.15) is 5.10 Å². The van der Waals surface area contributed by atoms with Gasteiger partial charge in [0.1, 0.15) is 6.04 Å². The van der Waals surface area contributed by atoms with Gasteiger partial charge in [0.2, 0.25) is 5.75 Å². The lowest BCUT2D eigenvalue weighted by atomic mass is 10.2. The van der Waals surface area contributed by atoms with Crippen LogP contribution >= 0.6 is 11.6 Å². The number of nitro benzene ring substituents is 1. The maximum atomic E-state index is 12.2. The van der Waals surface area contributed by atoms with Gasteiger partial charge < -0.3 is 10.4 Å². The number of nitro groups is 1. The second-order valence-corrected chi connectivity index (χ2v) is 5.76. The van der Waals surface area contributed by atoms with Crippen molar-refractivity contribution in [2.24, 2.45) is 5.10 Å². The Bertz CT molecular complexity index is 827. The summed E-state index contributed by atoms with van der Waals surface area (Å²) in [7, 11) is 0. The molecule has 3 N–H and O–H groups in total. The van der Waals surface area contributed by atoms with E-state index in [1.807, 2.05) is 37.3 Å². The summed E-state index contributed by atoms with van der Waals surface area (Å²) < 4.78 is 0. The van der Waals surface area contributed by atoms with Crippen LogP contribution in [-0.4, -0.2) is 28.2 Å². The molecule has 2 aromatic rings. The van der Waals surface area contributed by atoms with E-state index in [9.17, 15) is 20.0 Å². The average molecular weight is 377 g/mol. The number of hydrogen-bond donors (Lipinski definition) is 3. The van der Waals surface area contributed by atoms with Gasteiger partial charge in [-0.25, -0.2) is 5.43 Å². The number of carbonyl (C=O) groups is 1. The van der Waals surface area contributed by atoms with Crippen molar-refractivity contribution < 1.29 is 14.8 Å². The summed E-state index contributed by atoms with van der Waals surface area (Å²) in [6, 6.07) is 11.1. The summed E-state index contributed by atoms with van der Waals surface area (Å²) >= 11 is 5.80. The molecule has 0 aliphatic carbocycles. The van der Waals surface area contributed by atoms with Gasteiger partial charge in [-0.1, -0.05) is 36.7 Å². The lowest BCUT2D eigenvalue weighted by molar-refractivity contribution is -0.385. The van der Waals surface area contributed by atoms with E-state index in [-0.39, 0.29) is 16.5 Å². The first-order chi connectivity index (χ1) is 12.4. The van der Waals surface area contributed by atoms with Gasteiger partial charge in [0.15, 0.2) is 0 Å². The second kappa shape index (κ2) is 8.82. The molecule has 0 radical (unpaired) electrons. The van der Waals surface area contributed by atoms with Crippen LogP contribution in [0.25, 0.3) is 0 Å². The van der Waals surface area contributed by atoms with Crippen molar-refractivity contribution in [3.63, 3.8) is 0 Å². The Morgan fingerprint density at radius 3 is 2.69 bits per heavy atom. The predicted octanol–water partition coefficient (Wildman–Crippen LogP) is 3.29. The van der Waals surface area contributed by atoms with E-state index < -0.39 is 22.4 Å². The molecule has 136 valence electrons. The molecule has 0 heterocycles. The Morgan fingerprint density at radius 2 is 2.08 bits per heavy atom. The summed E-state index contributed by atoms with van der Waals surface area (Å²) in [6.07, 6.45) is 1.62. The number of nitrogens with one attached hydrogen (secondary N) is 2. The quantitative estimate of drug-likeness (QED) is 0.389. The van der Waals surface area contributed by atoms with Gasteiger partial charge in [0.25, 0.3) is 5.91 Å². The molecule has 0 aliphatic rings. The molecule has 0 spiro atoms. The van der Waals surface area contributed by atoms with E-state index in [0.29, 0.717) is 6.42 Å². The number of hydrazone groups is 1. The molecule has 0 bridgehead atoms. The number of phenols is 1. The number of carbonyl (C=O) groups excluding carboxylic acids is 1. The molecule has 2 rings (SSSR count). The zero-order valence-electron chi connectivity index (χ0n) is 13.8. The highest BCUT2D eigenvalue weighted by atomic mass is 35.5. The Labute approximate surface area is 154 Å². The van der Waals surface area contributed by atoms with Crippen molar-refractivity contribution in [1.29, 1.82) is 0 Å². The number of nitrogens with zero attached hydrogens (tertiary/aromatic N) is 2. The van der Waals surface area contributed by atoms with Gasteiger partial charge in [0, 0.05) is 22.3 Å². The van der Waals surface area contributed by atoms with Gasteiger partial charge >= 0.3 is 5.69 Å². The molecule has 0 saturated heterocycles. The lowest BCUT2D eigenvalue weighted by Gasteiger charge is -2.16. The number of anilines is 1. The molecule has 8 nitrogen and oxygen atoms in total. The first-order valence-electron chi connectivity index (χ1n) is 7.73. The maximum Gasteiger partial charge on any atom is 0.312 e. The number of hydrogen-bond acceptors (Lipinski definition) is 6. The van der Waals surface area contributed by atoms with Gasteiger partial charge in [-0.05, 0) is 24.6 Å². The van der Waals surface area contributed by atoms with E-state index in [4.69, 9.17) is 11.6 Å². The third-order valence-corrected chi connectivity index (χ3v) is 3.72. The van der Waals surface area contributed by atoms with Crippen LogP contribution < -0.4 is 10.7 Å². The highest BCUT2D eigenvalue weighted by molar-refractivity contribution is 6.31. The van der Waals surface area contributed by atoms with E-state index in [1.54, 1.807) is 0 Å². The number of aromatic hydroxyl groups is 1. The molecule has 0 aromatic heterocycles. The first-order valence-corrected chi connectivity index (χ1v) is 8.11. The number of amides is 1. The molecule has 1 unspecified atom stereocenters. The molecule has 0 saturated carbocycles. The van der Waals surface area contributed by atoms with Crippen molar-refractivity contribution in [2.75, 3.05) is 5.32 Å². The highest BCUT2D eigenvalue weighted by Gasteiger charge is 2.18. The summed E-state index contributed by atoms with van der Waals surface area (Å²) in [6.45, 7) is 1.84. The second-order valence-electron chi connectivity index (χ2n) is 5.33. The van der Waals surface area contributed by atoms with Crippen LogP contribution in [-0.2, 0) is 4.79 Å². The molecule has 0 aliphatic heterocycles. The fourth-order valence-corrected chi connectivity index (χ4v) is 2.40. The Morgan fingerprint density at radius 1 is 1.38 bits per heavy atom. The highest BCUT2D eigenvalue weighted by Crippen LogP contribution is 2.32. The van der Waals surface area contributed by atoms with Crippen molar-refractivity contribution >= 4 is 35.1 Å². The van der Waals surface area contributed by atoms with Crippen LogP contribution in [0.15, 0.2) is 47.6 Å². The minimum absolute atomic E-state index is 0.0218. The zero-order valence-corrected chi connectivity index (χ0v) is 14.6. The molecule has 9 heteroatoms. The smallest absolute Gasteiger partial charge is 0.312 e. The topological polar surface area (TPSA) is 117 Å². The minimum atomic E-state index is -0.756. The van der Waals surface area contributed by atoms with Crippen molar-refractivity contribution in [3.05, 3.63) is 63.2 Å². The summed E-state index contributed by atoms with van der Waals surface area (Å²) in [4.78, 5) is 22.3. The molecular weight excluding hydrogens is 360 g/mol. The van der Waals surface area contributed by atoms with Crippen LogP contribution in [0.4, 0.5) is 11.4 Å². The third-order valence-electron chi connectivity index (χ3n) is 3.50. The molecule has 0 fully saturated rings. The molecule has 1 atom stereocenters. The fraction of sp³-hybridized carbons (Fsp3) is 0.176. The Hall–Kier alpha value is -3.13. The number of rotatable bonds is 7. The predicted molar refractivity (Wildman–Crippen MR) is 99.7 cm³/mol. The number of benzene rings is 2. The Kier molecular flexibility index (Phi) is 6.51. The Balaban J connectivity index is 2.07. The van der Waals surface area contributed by atoms with Gasteiger partial charge in [0.05, 0.1) is 11.1 Å². The number of para-hydroxylation sites is 1. The monoisotopic (exact) mass is 376 g/mol. The molecule has 2 aromatic carbocycles. The van der Waals surface area contributed by atoms with Crippen LogP contribution in [0.5, 0.6) is 5.75 Å². The van der Waals surface area contributed by atoms with Crippen LogP contribution in [0.3, 0.4) is 0 Å². The minimum Gasteiger partial charge on any atom is -0.502 e. The van der Waals surface area contributed by atoms with Crippen LogP contribution in [0.1, 0.15) is 18.9 Å². The van der Waals surface area contributed by atoms with E-state index in [1.165, 1.54) is 6.07 Å². The van der Waals surface area contributed by atoms with Crippen LogP contribution in [0.2, 0.25) is 5.02 Å². The van der Waals surface area contributed by atoms with Crippen molar-refractivity contribution in [3.8, 4) is 5.75 Å². The van der Waals surface area contributed by atoms with Crippen molar-refractivity contribution in [1.82, 2.24) is 5.43 Å². The molecular formula is C17H17ClN4O4. The summed E-state index contributed by atoms with van der Waals surface area (Å²) in [5, 5.41) is 27.7. The summed E-state index contributed by atoms with van der Waals surface area (Å²) in [5.41, 5.74) is 2.62. The fourth-order valence-electron chi connectivity index (χ4n) is 2.17. The third kappa shape index (κ3) is 4.93. The number of halogens is 1. The number of phenolic OH excluding ortho intramolecular Hbond substituents is 1. The zero-order chi connectivity index (χ0) is 19.1. The lowest BCUT2D eigenvalue weighted by Crippen LogP contribution is -2.36. The van der Waals surface area contributed by atoms with Gasteiger partial charge in [-0.3, -0.25) is 14.9 Å². The maximum absolute atomic E-state index is 12.2. The van der Waals surface area contributed by atoms with Gasteiger partial charge in [-0.15, -0.1) is 0 Å². The average Bonchev–Trinajstić information content (AvgIpc) is 2.62. The first kappa shape index (κ1) is 19.2. The largest absolute Gasteiger partial charge is 0.502 e. The standard InChI is InChI=1S/C17H17ClN4O4/c1-2-14(20-13-6-4-3-5-7-13)17(24)21-19-10-11-8-12(18)9-15(16(11)23)22(25)26/h3-10,14,20,23H,2H2,1H3,(H,21,24). The van der Waals surface area contributed by atoms with Crippen molar-refractivity contribution in [2.45, 2.75) is 19.4 Å². The molecule has 26 heavy (non-hydrogen) atoms. The van der Waals surface area contributed by atoms with E-state index >= 15 is 0 Å². The van der Waals surface area contributed by atoms with E-state index in [0.717, 1.165) is 18.0 Å².